The largest absolute Gasteiger partial charge is 0.478 e. The minimum atomic E-state index is -5.77. The highest BCUT2D eigenvalue weighted by Gasteiger charge is 2.51. The first-order valence-electron chi connectivity index (χ1n) is 12.6. The van der Waals surface area contributed by atoms with E-state index in [1.807, 2.05) is 0 Å². The average Bonchev–Trinajstić information content (AvgIpc) is 3.36. The number of carboxylic acid groups (broad SMARTS) is 1. The lowest BCUT2D eigenvalue weighted by Crippen LogP contribution is -2.18. The Morgan fingerprint density at radius 3 is 2.38 bits per heavy atom. The van der Waals surface area contributed by atoms with Gasteiger partial charge >= 0.3 is 19.2 Å². The van der Waals surface area contributed by atoms with Gasteiger partial charge in [-0.1, -0.05) is 80.8 Å². The molecule has 0 aliphatic heterocycles. The molecule has 0 unspecified atom stereocenters. The fraction of sp³-hybridized carbons (Fsp3) is 0.0690. The van der Waals surface area contributed by atoms with Gasteiger partial charge in [-0.25, -0.2) is 14.5 Å². The van der Waals surface area contributed by atoms with Crippen LogP contribution in [0.15, 0.2) is 94.4 Å². The molecule has 0 aliphatic carbocycles. The van der Waals surface area contributed by atoms with Gasteiger partial charge in [-0.2, -0.15) is 13.9 Å². The van der Waals surface area contributed by atoms with Gasteiger partial charge in [0.05, 0.1) is 27.8 Å². The number of carboxylic acids is 1. The van der Waals surface area contributed by atoms with E-state index in [1.165, 1.54) is 40.3 Å². The molecule has 1 aromatic heterocycles. The first-order chi connectivity index (χ1) is 21.2. The molecule has 0 bridgehead atoms. The van der Waals surface area contributed by atoms with Crippen LogP contribution in [-0.4, -0.2) is 30.6 Å². The monoisotopic (exact) mass is 755 g/mol. The maximum atomic E-state index is 14.4. The van der Waals surface area contributed by atoms with Crippen molar-refractivity contribution in [2.75, 3.05) is 0 Å². The summed E-state index contributed by atoms with van der Waals surface area (Å²) in [6, 6.07) is 21.4. The number of rotatable bonds is 9. The molecule has 4 aromatic carbocycles. The normalized spacial score (nSPS) is 12.4. The molecule has 3 N–H and O–H groups in total. The summed E-state index contributed by atoms with van der Waals surface area (Å²) < 4.78 is 47.4. The third-order valence-electron chi connectivity index (χ3n) is 6.20. The minimum Gasteiger partial charge on any atom is -0.478 e. The van der Waals surface area contributed by atoms with Crippen LogP contribution in [0.25, 0.3) is 10.6 Å². The molecular weight excluding hydrogens is 738 g/mol. The van der Waals surface area contributed by atoms with E-state index in [0.29, 0.717) is 43.1 Å². The standard InChI is InChI=1S/C29H19BrCl2F2N3O6PS/c30-23-11-16(7-9-22(23)29(33,34)44(40,41)42)15-37-28(35-19-8-10-24(31)25(32)14-19)45-26(36-37)17-3-1-5-20(12-17)43-21-6-2-4-18(13-21)27(38)39/h1-14H,15H2,(H,38,39)(H2,40,41,42). The first kappa shape index (κ1) is 33.0. The molecular formula is C29H19BrCl2F2N3O6PS. The number of hydrogen-bond acceptors (Lipinski definition) is 6. The molecule has 0 atom stereocenters. The van der Waals surface area contributed by atoms with Crippen LogP contribution in [0.4, 0.5) is 14.5 Å². The Hall–Kier alpha value is -3.42. The van der Waals surface area contributed by atoms with Crippen LogP contribution in [0.3, 0.4) is 0 Å². The van der Waals surface area contributed by atoms with Crippen molar-refractivity contribution in [1.29, 1.82) is 0 Å². The quantitative estimate of drug-likeness (QED) is 0.128. The lowest BCUT2D eigenvalue weighted by atomic mass is 10.1. The van der Waals surface area contributed by atoms with E-state index >= 15 is 0 Å². The van der Waals surface area contributed by atoms with Crippen LogP contribution in [0.2, 0.25) is 10.0 Å². The van der Waals surface area contributed by atoms with Crippen LogP contribution < -0.4 is 9.54 Å². The second-order valence-electron chi connectivity index (χ2n) is 9.42. The highest BCUT2D eigenvalue weighted by molar-refractivity contribution is 9.10. The summed E-state index contributed by atoms with van der Waals surface area (Å²) in [5, 5.41) is 15.1. The molecule has 5 aromatic rings. The van der Waals surface area contributed by atoms with Crippen molar-refractivity contribution in [2.24, 2.45) is 4.99 Å². The summed E-state index contributed by atoms with van der Waals surface area (Å²) >= 11 is 16.5. The van der Waals surface area contributed by atoms with E-state index in [1.54, 1.807) is 54.6 Å². The third kappa shape index (κ3) is 7.53. The van der Waals surface area contributed by atoms with Crippen molar-refractivity contribution < 1.29 is 37.8 Å². The number of hydrogen-bond donors (Lipinski definition) is 3. The van der Waals surface area contributed by atoms with Gasteiger partial charge in [0.15, 0.2) is 0 Å². The van der Waals surface area contributed by atoms with Crippen LogP contribution in [0, 0.1) is 0 Å². The van der Waals surface area contributed by atoms with E-state index < -0.39 is 24.8 Å². The number of aromatic carboxylic acids is 1. The Labute approximate surface area is 276 Å². The number of nitrogens with zero attached hydrogens (tertiary/aromatic N) is 3. The lowest BCUT2D eigenvalue weighted by molar-refractivity contribution is 0.0557. The van der Waals surface area contributed by atoms with Gasteiger partial charge in [-0.3, -0.25) is 4.57 Å². The predicted octanol–water partition coefficient (Wildman–Crippen LogP) is 8.68. The van der Waals surface area contributed by atoms with Crippen LogP contribution in [0.5, 0.6) is 11.5 Å². The Morgan fingerprint density at radius 2 is 1.71 bits per heavy atom. The molecule has 0 saturated heterocycles. The van der Waals surface area contributed by atoms with Crippen molar-refractivity contribution in [3.05, 3.63) is 121 Å². The van der Waals surface area contributed by atoms with Gasteiger partial charge in [0, 0.05) is 15.6 Å². The van der Waals surface area contributed by atoms with E-state index in [4.69, 9.17) is 42.8 Å². The molecule has 16 heteroatoms. The van der Waals surface area contributed by atoms with Crippen molar-refractivity contribution in [3.63, 3.8) is 0 Å². The maximum Gasteiger partial charge on any atom is 0.399 e. The molecule has 0 radical (unpaired) electrons. The summed E-state index contributed by atoms with van der Waals surface area (Å²) in [6.45, 7) is 0.0508. The first-order valence-corrected chi connectivity index (χ1v) is 16.6. The zero-order valence-electron chi connectivity index (χ0n) is 22.4. The molecule has 5 rings (SSSR count). The lowest BCUT2D eigenvalue weighted by Gasteiger charge is -2.19. The number of carbonyl (C=O) groups is 1. The van der Waals surface area contributed by atoms with Crippen LogP contribution in [0.1, 0.15) is 21.5 Å². The Bertz CT molecular complexity index is 2050. The second-order valence-corrected chi connectivity index (χ2v) is 13.7. The van der Waals surface area contributed by atoms with E-state index in [-0.39, 0.29) is 21.6 Å². The van der Waals surface area contributed by atoms with Gasteiger partial charge < -0.3 is 19.6 Å². The summed E-state index contributed by atoms with van der Waals surface area (Å²) in [6.07, 6.45) is 0. The zero-order valence-corrected chi connectivity index (χ0v) is 27.3. The fourth-order valence-corrected chi connectivity index (χ4v) is 6.58. The molecule has 0 fully saturated rings. The average molecular weight is 757 g/mol. The topological polar surface area (TPSA) is 134 Å². The van der Waals surface area contributed by atoms with Gasteiger partial charge in [-0.15, -0.1) is 0 Å². The minimum absolute atomic E-state index is 0.0508. The molecule has 0 aliphatic rings. The number of benzene rings is 4. The highest BCUT2D eigenvalue weighted by Crippen LogP contribution is 2.60. The Balaban J connectivity index is 1.53. The summed E-state index contributed by atoms with van der Waals surface area (Å²) in [5.41, 5.74) is -3.56. The SMILES string of the molecule is O=C(O)c1cccc(Oc2cccc(-c3nn(Cc4ccc(C(F)(F)P(=O)(O)O)c(Br)c4)c(=Nc4ccc(Cl)c(Cl)c4)s3)c2)c1. The van der Waals surface area contributed by atoms with Crippen LogP contribution >= 0.6 is 58.1 Å². The predicted molar refractivity (Wildman–Crippen MR) is 170 cm³/mol. The molecule has 1 heterocycles. The van der Waals surface area contributed by atoms with Gasteiger partial charge in [0.25, 0.3) is 0 Å². The van der Waals surface area contributed by atoms with Crippen LogP contribution in [-0.2, 0) is 16.8 Å². The molecule has 45 heavy (non-hydrogen) atoms. The van der Waals surface area contributed by atoms with Crippen molar-refractivity contribution in [3.8, 4) is 22.1 Å². The Morgan fingerprint density at radius 1 is 1.00 bits per heavy atom. The number of ether oxygens (including phenoxy) is 1. The van der Waals surface area contributed by atoms with E-state index in [9.17, 15) is 23.2 Å². The van der Waals surface area contributed by atoms with E-state index in [2.05, 4.69) is 20.9 Å². The smallest absolute Gasteiger partial charge is 0.399 e. The fourth-order valence-electron chi connectivity index (χ4n) is 4.03. The number of aromatic nitrogens is 2. The molecule has 9 nitrogen and oxygen atoms in total. The summed E-state index contributed by atoms with van der Waals surface area (Å²) in [4.78, 5) is 34.7. The molecule has 0 amide bonds. The van der Waals surface area contributed by atoms with Gasteiger partial charge in [-0.05, 0) is 60.2 Å². The van der Waals surface area contributed by atoms with Gasteiger partial charge in [0.2, 0.25) is 4.80 Å². The zero-order chi connectivity index (χ0) is 32.5. The third-order valence-corrected chi connectivity index (χ3v) is 9.56. The molecule has 232 valence electrons. The van der Waals surface area contributed by atoms with Crippen molar-refractivity contribution >= 4 is 69.7 Å². The van der Waals surface area contributed by atoms with Crippen molar-refractivity contribution in [2.45, 2.75) is 12.2 Å². The second kappa shape index (κ2) is 13.1. The van der Waals surface area contributed by atoms with Crippen molar-refractivity contribution in [1.82, 2.24) is 9.78 Å². The maximum absolute atomic E-state index is 14.4. The Kier molecular flexibility index (Phi) is 9.62. The summed E-state index contributed by atoms with van der Waals surface area (Å²) in [5.74, 6) is -0.336. The number of halogens is 5. The van der Waals surface area contributed by atoms with Gasteiger partial charge in [0.1, 0.15) is 16.5 Å². The van der Waals surface area contributed by atoms with E-state index in [0.717, 1.165) is 6.07 Å². The summed E-state index contributed by atoms with van der Waals surface area (Å²) in [7, 11) is -5.77. The molecule has 0 spiro atoms. The number of alkyl halides is 2. The molecule has 0 saturated carbocycles. The highest BCUT2D eigenvalue weighted by atomic mass is 79.9.